The summed E-state index contributed by atoms with van der Waals surface area (Å²) in [6.07, 6.45) is 4.31. The third-order valence-electron chi connectivity index (χ3n) is 6.61. The van der Waals surface area contributed by atoms with E-state index in [1.54, 1.807) is 47.5 Å². The summed E-state index contributed by atoms with van der Waals surface area (Å²) >= 11 is 4.76. The molecule has 1 saturated carbocycles. The molecule has 2 N–H and O–H groups in total. The van der Waals surface area contributed by atoms with Crippen molar-refractivity contribution in [3.8, 4) is 10.4 Å². The fourth-order valence-electron chi connectivity index (χ4n) is 4.50. The molecule has 0 saturated heterocycles. The maximum Gasteiger partial charge on any atom is 0.261 e. The lowest BCUT2D eigenvalue weighted by atomic mass is 10.1. The number of hydrogen-bond acceptors (Lipinski definition) is 5. The molecular weight excluding hydrogens is 564 g/mol. The number of nitrogens with zero attached hydrogens (tertiary/aromatic N) is 2. The molecule has 7 nitrogen and oxygen atoms in total. The molecule has 1 fully saturated rings. The fraction of sp³-hybridized carbons (Fsp3) is 0.172. The van der Waals surface area contributed by atoms with Crippen molar-refractivity contribution in [3.05, 3.63) is 99.1 Å². The molecular formula is C29H23BrN4O3S. The smallest absolute Gasteiger partial charge is 0.261 e. The SMILES string of the molecule is O=C(Nc1ccc(C(=O)N2CCc3cc(C(=O)NC4CC4)sc3-c3ccccc32)cc1)c1ccnc(Br)c1. The van der Waals surface area contributed by atoms with Crippen molar-refractivity contribution in [2.75, 3.05) is 16.8 Å². The number of anilines is 2. The van der Waals surface area contributed by atoms with Crippen LogP contribution in [-0.2, 0) is 6.42 Å². The molecule has 2 aliphatic rings. The summed E-state index contributed by atoms with van der Waals surface area (Å²) in [4.78, 5) is 46.5. The topological polar surface area (TPSA) is 91.4 Å². The predicted octanol–water partition coefficient (Wildman–Crippen LogP) is 5.92. The van der Waals surface area contributed by atoms with E-state index in [4.69, 9.17) is 0 Å². The van der Waals surface area contributed by atoms with E-state index in [1.807, 2.05) is 30.3 Å². The fourth-order valence-corrected chi connectivity index (χ4v) is 6.01. The molecule has 1 aliphatic carbocycles. The third-order valence-corrected chi connectivity index (χ3v) is 8.26. The molecule has 0 bridgehead atoms. The van der Waals surface area contributed by atoms with Crippen LogP contribution < -0.4 is 15.5 Å². The van der Waals surface area contributed by atoms with Gasteiger partial charge < -0.3 is 15.5 Å². The molecule has 6 rings (SSSR count). The average Bonchev–Trinajstić information content (AvgIpc) is 3.67. The van der Waals surface area contributed by atoms with Crippen molar-refractivity contribution in [2.24, 2.45) is 0 Å². The van der Waals surface area contributed by atoms with Crippen molar-refractivity contribution >= 4 is 56.4 Å². The number of carbonyl (C=O) groups excluding carboxylic acids is 3. The first-order chi connectivity index (χ1) is 18.5. The maximum atomic E-state index is 13.6. The van der Waals surface area contributed by atoms with Crippen LogP contribution in [0.1, 0.15) is 48.8 Å². The van der Waals surface area contributed by atoms with E-state index in [0.717, 1.165) is 34.5 Å². The zero-order valence-corrected chi connectivity index (χ0v) is 22.6. The number of halogens is 1. The summed E-state index contributed by atoms with van der Waals surface area (Å²) in [7, 11) is 0. The lowest BCUT2D eigenvalue weighted by Gasteiger charge is -2.23. The zero-order chi connectivity index (χ0) is 26.2. The first kappa shape index (κ1) is 24.5. The van der Waals surface area contributed by atoms with Crippen molar-refractivity contribution in [1.82, 2.24) is 10.3 Å². The summed E-state index contributed by atoms with van der Waals surface area (Å²) < 4.78 is 0.580. The second kappa shape index (κ2) is 10.2. The summed E-state index contributed by atoms with van der Waals surface area (Å²) in [5.41, 5.74) is 4.46. The quantitative estimate of drug-likeness (QED) is 0.284. The molecule has 190 valence electrons. The van der Waals surface area contributed by atoms with Gasteiger partial charge in [-0.25, -0.2) is 4.98 Å². The van der Waals surface area contributed by atoms with Crippen LogP contribution in [0.3, 0.4) is 0 Å². The number of benzene rings is 2. The zero-order valence-electron chi connectivity index (χ0n) is 20.2. The monoisotopic (exact) mass is 586 g/mol. The Labute approximate surface area is 232 Å². The first-order valence-corrected chi connectivity index (χ1v) is 13.9. The van der Waals surface area contributed by atoms with Gasteiger partial charge in [0.15, 0.2) is 0 Å². The van der Waals surface area contributed by atoms with Crippen molar-refractivity contribution in [3.63, 3.8) is 0 Å². The van der Waals surface area contributed by atoms with Crippen LogP contribution in [0.15, 0.2) is 77.5 Å². The van der Waals surface area contributed by atoms with Crippen molar-refractivity contribution in [1.29, 1.82) is 0 Å². The Bertz CT molecular complexity index is 1560. The van der Waals surface area contributed by atoms with Gasteiger partial charge in [0.25, 0.3) is 17.7 Å². The van der Waals surface area contributed by atoms with E-state index in [1.165, 1.54) is 11.3 Å². The Morgan fingerprint density at radius 3 is 2.50 bits per heavy atom. The van der Waals surface area contributed by atoms with Crippen LogP contribution in [0, 0.1) is 0 Å². The number of carbonyl (C=O) groups is 3. The Kier molecular flexibility index (Phi) is 6.55. The molecule has 3 amide bonds. The molecule has 0 spiro atoms. The lowest BCUT2D eigenvalue weighted by Crippen LogP contribution is -2.32. The predicted molar refractivity (Wildman–Crippen MR) is 152 cm³/mol. The maximum absolute atomic E-state index is 13.6. The third kappa shape index (κ3) is 4.99. The van der Waals surface area contributed by atoms with E-state index in [2.05, 4.69) is 31.5 Å². The van der Waals surface area contributed by atoms with Gasteiger partial charge in [-0.1, -0.05) is 18.2 Å². The van der Waals surface area contributed by atoms with Gasteiger partial charge in [-0.15, -0.1) is 11.3 Å². The number of fused-ring (bicyclic) bond motifs is 3. The summed E-state index contributed by atoms with van der Waals surface area (Å²) in [6.45, 7) is 0.499. The van der Waals surface area contributed by atoms with Crippen LogP contribution in [0.4, 0.5) is 11.4 Å². The number of amides is 3. The highest BCUT2D eigenvalue weighted by molar-refractivity contribution is 9.10. The Morgan fingerprint density at radius 2 is 1.74 bits per heavy atom. The number of hydrogen-bond donors (Lipinski definition) is 2. The summed E-state index contributed by atoms with van der Waals surface area (Å²) in [6, 6.07) is 20.3. The highest BCUT2D eigenvalue weighted by Gasteiger charge is 2.29. The second-order valence-electron chi connectivity index (χ2n) is 9.34. The summed E-state index contributed by atoms with van der Waals surface area (Å²) in [5, 5.41) is 5.92. The van der Waals surface area contributed by atoms with E-state index >= 15 is 0 Å². The molecule has 9 heteroatoms. The second-order valence-corrected chi connectivity index (χ2v) is 11.2. The highest BCUT2D eigenvalue weighted by Crippen LogP contribution is 2.42. The highest BCUT2D eigenvalue weighted by atomic mass is 79.9. The molecule has 1 aliphatic heterocycles. The van der Waals surface area contributed by atoms with Gasteiger partial charge in [0.2, 0.25) is 0 Å². The molecule has 0 unspecified atom stereocenters. The molecule has 0 radical (unpaired) electrons. The van der Waals surface area contributed by atoms with Gasteiger partial charge >= 0.3 is 0 Å². The standard InChI is InChI=1S/C29H23BrN4O3S/c30-25-16-19(11-13-31-25)27(35)32-20-7-5-17(6-8-20)29(37)34-14-12-18-15-24(28(36)33-21-9-10-21)38-26(18)22-3-1-2-4-23(22)34/h1-8,11,13,15-16,21H,9-10,12,14H2,(H,32,35)(H,33,36). The van der Waals surface area contributed by atoms with Crippen LogP contribution >= 0.6 is 27.3 Å². The van der Waals surface area contributed by atoms with Gasteiger partial charge in [0.1, 0.15) is 4.60 Å². The van der Waals surface area contributed by atoms with Gasteiger partial charge in [0, 0.05) is 46.0 Å². The largest absolute Gasteiger partial charge is 0.349 e. The minimum absolute atomic E-state index is 0.0141. The summed E-state index contributed by atoms with van der Waals surface area (Å²) in [5.74, 6) is -0.389. The molecule has 2 aromatic heterocycles. The molecule has 2 aromatic carbocycles. The van der Waals surface area contributed by atoms with Crippen molar-refractivity contribution < 1.29 is 14.4 Å². The first-order valence-electron chi connectivity index (χ1n) is 12.3. The van der Waals surface area contributed by atoms with Gasteiger partial charge in [0.05, 0.1) is 10.6 Å². The van der Waals surface area contributed by atoms with Gasteiger partial charge in [-0.2, -0.15) is 0 Å². The van der Waals surface area contributed by atoms with Crippen LogP contribution in [0.5, 0.6) is 0 Å². The lowest BCUT2D eigenvalue weighted by molar-refractivity contribution is 0.0952. The van der Waals surface area contributed by atoms with Gasteiger partial charge in [-0.3, -0.25) is 14.4 Å². The van der Waals surface area contributed by atoms with Crippen molar-refractivity contribution in [2.45, 2.75) is 25.3 Å². The number of thiophene rings is 1. The Morgan fingerprint density at radius 1 is 0.947 bits per heavy atom. The number of aromatic nitrogens is 1. The van der Waals surface area contributed by atoms with Gasteiger partial charge in [-0.05, 0) is 89.3 Å². The molecule has 38 heavy (non-hydrogen) atoms. The van der Waals surface area contributed by atoms with E-state index in [0.29, 0.717) is 45.3 Å². The van der Waals surface area contributed by atoms with E-state index in [9.17, 15) is 14.4 Å². The van der Waals surface area contributed by atoms with E-state index in [-0.39, 0.29) is 17.7 Å². The Hall–Kier alpha value is -3.82. The minimum atomic E-state index is -0.259. The molecule has 4 aromatic rings. The molecule has 3 heterocycles. The van der Waals surface area contributed by atoms with Crippen LogP contribution in [-0.4, -0.2) is 35.3 Å². The normalized spacial score (nSPS) is 14.2. The molecule has 0 atom stereocenters. The Balaban J connectivity index is 1.22. The van der Waals surface area contributed by atoms with E-state index < -0.39 is 0 Å². The van der Waals surface area contributed by atoms with Crippen LogP contribution in [0.25, 0.3) is 10.4 Å². The minimum Gasteiger partial charge on any atom is -0.349 e. The van der Waals surface area contributed by atoms with Crippen LogP contribution in [0.2, 0.25) is 0 Å². The number of nitrogens with one attached hydrogen (secondary N) is 2. The number of para-hydroxylation sites is 1. The number of rotatable bonds is 5. The average molecular weight is 587 g/mol. The number of pyridine rings is 1.